The lowest BCUT2D eigenvalue weighted by atomic mass is 9.93. The lowest BCUT2D eigenvalue weighted by Gasteiger charge is -2.09. The molecule has 0 amide bonds. The Bertz CT molecular complexity index is 598. The fraction of sp³-hybridized carbons (Fsp3) is 0.353. The molecule has 1 aliphatic rings. The summed E-state index contributed by atoms with van der Waals surface area (Å²) in [6.45, 7) is 2.62. The number of ether oxygens (including phenoxy) is 1. The van der Waals surface area contributed by atoms with Gasteiger partial charge in [-0.15, -0.1) is 0 Å². The second-order valence-electron chi connectivity index (χ2n) is 5.36. The molecule has 1 saturated heterocycles. The maximum absolute atomic E-state index is 12.3. The number of carbonyl (C=O) groups is 1. The van der Waals surface area contributed by atoms with Gasteiger partial charge in [0.1, 0.15) is 5.78 Å². The van der Waals surface area contributed by atoms with Crippen molar-refractivity contribution in [2.24, 2.45) is 5.92 Å². The van der Waals surface area contributed by atoms with Crippen LogP contribution in [0.5, 0.6) is 0 Å². The maximum atomic E-state index is 12.3. The van der Waals surface area contributed by atoms with Gasteiger partial charge in [0.25, 0.3) is 0 Å². The first-order valence-electron chi connectivity index (χ1n) is 6.85. The summed E-state index contributed by atoms with van der Waals surface area (Å²) in [6, 6.07) is 14.4. The van der Waals surface area contributed by atoms with Gasteiger partial charge in [0, 0.05) is 12.3 Å². The van der Waals surface area contributed by atoms with Crippen molar-refractivity contribution in [1.82, 2.24) is 0 Å². The lowest BCUT2D eigenvalue weighted by molar-refractivity contribution is -0.122. The predicted molar refractivity (Wildman–Crippen MR) is 76.2 cm³/mol. The molecule has 0 saturated carbocycles. The minimum Gasteiger partial charge on any atom is -0.378 e. The molecule has 0 aromatic heterocycles. The van der Waals surface area contributed by atoms with Gasteiger partial charge in [-0.1, -0.05) is 42.5 Å². The number of hydrogen-bond donors (Lipinski definition) is 0. The van der Waals surface area contributed by atoms with Crippen molar-refractivity contribution in [2.45, 2.75) is 25.9 Å². The SMILES string of the molecule is CC1CC(C(=O)Cc2cccc3ccccc23)CO1. The highest BCUT2D eigenvalue weighted by atomic mass is 16.5. The number of Topliss-reactive ketones (excluding diaryl/α,β-unsaturated/α-hetero) is 1. The van der Waals surface area contributed by atoms with Crippen LogP contribution >= 0.6 is 0 Å². The molecule has 2 aromatic rings. The van der Waals surface area contributed by atoms with Crippen LogP contribution in [0.15, 0.2) is 42.5 Å². The van der Waals surface area contributed by atoms with E-state index in [4.69, 9.17) is 4.74 Å². The molecule has 0 bridgehead atoms. The second-order valence-corrected chi connectivity index (χ2v) is 5.36. The van der Waals surface area contributed by atoms with Crippen molar-refractivity contribution in [1.29, 1.82) is 0 Å². The van der Waals surface area contributed by atoms with Crippen molar-refractivity contribution in [3.63, 3.8) is 0 Å². The summed E-state index contributed by atoms with van der Waals surface area (Å²) in [4.78, 5) is 12.3. The fourth-order valence-electron chi connectivity index (χ4n) is 2.82. The van der Waals surface area contributed by atoms with Crippen LogP contribution in [-0.4, -0.2) is 18.5 Å². The first-order valence-corrected chi connectivity index (χ1v) is 6.85. The van der Waals surface area contributed by atoms with Crippen molar-refractivity contribution in [2.75, 3.05) is 6.61 Å². The van der Waals surface area contributed by atoms with Crippen molar-refractivity contribution in [3.8, 4) is 0 Å². The molecule has 19 heavy (non-hydrogen) atoms. The molecule has 3 rings (SSSR count). The second kappa shape index (κ2) is 5.14. The van der Waals surface area contributed by atoms with E-state index < -0.39 is 0 Å². The Labute approximate surface area is 113 Å². The quantitative estimate of drug-likeness (QED) is 0.839. The summed E-state index contributed by atoms with van der Waals surface area (Å²) in [6.07, 6.45) is 1.60. The molecule has 0 spiro atoms. The van der Waals surface area contributed by atoms with Crippen LogP contribution in [0.25, 0.3) is 10.8 Å². The average Bonchev–Trinajstić information content (AvgIpc) is 2.86. The highest BCUT2D eigenvalue weighted by Gasteiger charge is 2.28. The molecule has 1 aliphatic heterocycles. The fourth-order valence-corrected chi connectivity index (χ4v) is 2.82. The number of carbonyl (C=O) groups excluding carboxylic acids is 1. The van der Waals surface area contributed by atoms with Crippen LogP contribution in [0, 0.1) is 5.92 Å². The van der Waals surface area contributed by atoms with Crippen molar-refractivity contribution >= 4 is 16.6 Å². The van der Waals surface area contributed by atoms with Gasteiger partial charge in [0.2, 0.25) is 0 Å². The number of ketones is 1. The minimum absolute atomic E-state index is 0.0777. The Morgan fingerprint density at radius 3 is 2.79 bits per heavy atom. The van der Waals surface area contributed by atoms with E-state index in [1.165, 1.54) is 10.8 Å². The van der Waals surface area contributed by atoms with Crippen molar-refractivity contribution < 1.29 is 9.53 Å². The zero-order valence-corrected chi connectivity index (χ0v) is 11.1. The Kier molecular flexibility index (Phi) is 3.34. The highest BCUT2D eigenvalue weighted by Crippen LogP contribution is 2.24. The summed E-state index contributed by atoms with van der Waals surface area (Å²) in [7, 11) is 0. The Morgan fingerprint density at radius 2 is 2.00 bits per heavy atom. The van der Waals surface area contributed by atoms with Gasteiger partial charge in [0.05, 0.1) is 12.7 Å². The third-order valence-corrected chi connectivity index (χ3v) is 3.90. The van der Waals surface area contributed by atoms with E-state index in [2.05, 4.69) is 24.3 Å². The molecule has 1 heterocycles. The van der Waals surface area contributed by atoms with Gasteiger partial charge in [0.15, 0.2) is 0 Å². The molecule has 0 N–H and O–H groups in total. The third-order valence-electron chi connectivity index (χ3n) is 3.90. The van der Waals surface area contributed by atoms with Gasteiger partial charge in [-0.2, -0.15) is 0 Å². The van der Waals surface area contributed by atoms with Gasteiger partial charge in [-0.05, 0) is 29.7 Å². The maximum Gasteiger partial charge on any atom is 0.142 e. The summed E-state index contributed by atoms with van der Waals surface area (Å²) in [5.74, 6) is 0.384. The monoisotopic (exact) mass is 254 g/mol. The third kappa shape index (κ3) is 2.54. The predicted octanol–water partition coefficient (Wildman–Crippen LogP) is 3.38. The number of hydrogen-bond acceptors (Lipinski definition) is 2. The molecule has 0 radical (unpaired) electrons. The van der Waals surface area contributed by atoms with Crippen LogP contribution in [-0.2, 0) is 16.0 Å². The van der Waals surface area contributed by atoms with Crippen LogP contribution in [0.4, 0.5) is 0 Å². The first-order chi connectivity index (χ1) is 9.24. The first kappa shape index (κ1) is 12.4. The van der Waals surface area contributed by atoms with Gasteiger partial charge in [-0.3, -0.25) is 4.79 Å². The topological polar surface area (TPSA) is 26.3 Å². The standard InChI is InChI=1S/C17H18O2/c1-12-9-15(11-19-12)17(18)10-14-7-4-6-13-5-2-3-8-16(13)14/h2-8,12,15H,9-11H2,1H3. The van der Waals surface area contributed by atoms with Crippen LogP contribution in [0.2, 0.25) is 0 Å². The lowest BCUT2D eigenvalue weighted by Crippen LogP contribution is -2.17. The Morgan fingerprint density at radius 1 is 1.21 bits per heavy atom. The highest BCUT2D eigenvalue weighted by molar-refractivity contribution is 5.91. The van der Waals surface area contributed by atoms with Crippen LogP contribution in [0.3, 0.4) is 0 Å². The molecule has 2 aromatic carbocycles. The molecule has 2 heteroatoms. The number of rotatable bonds is 3. The summed E-state index contributed by atoms with van der Waals surface area (Å²) >= 11 is 0. The van der Waals surface area contributed by atoms with Crippen LogP contribution < -0.4 is 0 Å². The van der Waals surface area contributed by atoms with E-state index in [1.54, 1.807) is 0 Å². The van der Waals surface area contributed by atoms with Gasteiger partial charge in [-0.25, -0.2) is 0 Å². The molecule has 98 valence electrons. The molecular weight excluding hydrogens is 236 g/mol. The zero-order valence-electron chi connectivity index (χ0n) is 11.1. The normalized spacial score (nSPS) is 22.8. The molecule has 2 unspecified atom stereocenters. The minimum atomic E-state index is 0.0777. The number of fused-ring (bicyclic) bond motifs is 1. The van der Waals surface area contributed by atoms with Crippen LogP contribution in [0.1, 0.15) is 18.9 Å². The molecule has 1 fully saturated rings. The molecule has 0 aliphatic carbocycles. The summed E-state index contributed by atoms with van der Waals surface area (Å²) in [5.41, 5.74) is 1.13. The molecule has 2 nitrogen and oxygen atoms in total. The Hall–Kier alpha value is -1.67. The van der Waals surface area contributed by atoms with Crippen molar-refractivity contribution in [3.05, 3.63) is 48.0 Å². The van der Waals surface area contributed by atoms with E-state index in [-0.39, 0.29) is 12.0 Å². The molecular formula is C17H18O2. The Balaban J connectivity index is 1.83. The van der Waals surface area contributed by atoms with E-state index in [0.717, 1.165) is 12.0 Å². The summed E-state index contributed by atoms with van der Waals surface area (Å²) < 4.78 is 5.49. The van der Waals surface area contributed by atoms with E-state index in [0.29, 0.717) is 18.8 Å². The molecule has 2 atom stereocenters. The summed E-state index contributed by atoms with van der Waals surface area (Å²) in [5, 5.41) is 2.38. The van der Waals surface area contributed by atoms with E-state index in [1.807, 2.05) is 25.1 Å². The largest absolute Gasteiger partial charge is 0.378 e. The zero-order chi connectivity index (χ0) is 13.2. The average molecular weight is 254 g/mol. The smallest absolute Gasteiger partial charge is 0.142 e. The van der Waals surface area contributed by atoms with Gasteiger partial charge >= 0.3 is 0 Å². The van der Waals surface area contributed by atoms with E-state index >= 15 is 0 Å². The van der Waals surface area contributed by atoms with E-state index in [9.17, 15) is 4.79 Å². The number of benzene rings is 2. The van der Waals surface area contributed by atoms with Gasteiger partial charge < -0.3 is 4.74 Å².